The summed E-state index contributed by atoms with van der Waals surface area (Å²) in [6.45, 7) is 0.362. The highest BCUT2D eigenvalue weighted by Gasteiger charge is 2.29. The van der Waals surface area contributed by atoms with Gasteiger partial charge in [0.05, 0.1) is 18.0 Å². The summed E-state index contributed by atoms with van der Waals surface area (Å²) in [6, 6.07) is -1.21. The van der Waals surface area contributed by atoms with E-state index in [1.54, 1.807) is 0 Å². The van der Waals surface area contributed by atoms with E-state index in [1.165, 1.54) is 6.92 Å². The second-order valence-electron chi connectivity index (χ2n) is 3.78. The Labute approximate surface area is 109 Å². The Kier molecular flexibility index (Phi) is 4.53. The molecule has 0 spiro atoms. The molecule has 20 heavy (non-hydrogen) atoms. The molecule has 0 saturated carbocycles. The van der Waals surface area contributed by atoms with Crippen LogP contribution in [0.2, 0.25) is 0 Å². The third-order valence-corrected chi connectivity index (χ3v) is 2.26. The first kappa shape index (κ1) is 15.7. The van der Waals surface area contributed by atoms with Gasteiger partial charge in [0.15, 0.2) is 0 Å². The standard InChI is InChI=1S/C9H10F3N3O5/c1-5(8(16)17)14-4-6(15(18)19)7(13-14)20-3-2-9(10,11)12/h4-5H,2-3H2,1H3,(H,16,17)/t5-/m1/s1. The largest absolute Gasteiger partial charge is 0.480 e. The molecule has 0 aliphatic carbocycles. The van der Waals surface area contributed by atoms with Crippen molar-refractivity contribution in [2.45, 2.75) is 25.6 Å². The molecule has 0 bridgehead atoms. The molecule has 0 fully saturated rings. The minimum absolute atomic E-state index is 0.646. The average molecular weight is 297 g/mol. The number of aliphatic carboxylic acids is 1. The van der Waals surface area contributed by atoms with Crippen LogP contribution >= 0.6 is 0 Å². The Morgan fingerprint density at radius 1 is 1.65 bits per heavy atom. The number of rotatable bonds is 6. The number of aromatic nitrogens is 2. The molecule has 1 heterocycles. The van der Waals surface area contributed by atoms with E-state index in [2.05, 4.69) is 9.84 Å². The molecule has 0 amide bonds. The van der Waals surface area contributed by atoms with Gasteiger partial charge in [0.2, 0.25) is 0 Å². The maximum atomic E-state index is 11.9. The van der Waals surface area contributed by atoms with Crippen molar-refractivity contribution in [1.82, 2.24) is 9.78 Å². The first-order valence-corrected chi connectivity index (χ1v) is 5.27. The van der Waals surface area contributed by atoms with E-state index in [4.69, 9.17) is 5.11 Å². The number of carbonyl (C=O) groups is 1. The van der Waals surface area contributed by atoms with Crippen molar-refractivity contribution in [2.75, 3.05) is 6.61 Å². The summed E-state index contributed by atoms with van der Waals surface area (Å²) in [5, 5.41) is 22.9. The molecule has 0 aliphatic rings. The van der Waals surface area contributed by atoms with Crippen LogP contribution in [0.15, 0.2) is 6.20 Å². The van der Waals surface area contributed by atoms with Crippen molar-refractivity contribution >= 4 is 11.7 Å². The van der Waals surface area contributed by atoms with Crippen LogP contribution in [0, 0.1) is 10.1 Å². The normalized spacial score (nSPS) is 13.0. The molecule has 1 N–H and O–H groups in total. The van der Waals surface area contributed by atoms with Gasteiger partial charge >= 0.3 is 23.7 Å². The summed E-state index contributed by atoms with van der Waals surface area (Å²) in [7, 11) is 0. The van der Waals surface area contributed by atoms with Crippen molar-refractivity contribution in [3.8, 4) is 5.88 Å². The van der Waals surface area contributed by atoms with Crippen molar-refractivity contribution in [3.05, 3.63) is 16.3 Å². The van der Waals surface area contributed by atoms with Crippen LogP contribution in [0.3, 0.4) is 0 Å². The zero-order valence-corrected chi connectivity index (χ0v) is 10.1. The molecule has 8 nitrogen and oxygen atoms in total. The lowest BCUT2D eigenvalue weighted by molar-refractivity contribution is -0.386. The maximum Gasteiger partial charge on any atom is 0.392 e. The van der Waals surface area contributed by atoms with Gasteiger partial charge in [0.1, 0.15) is 12.2 Å². The number of ether oxygens (including phenoxy) is 1. The lowest BCUT2D eigenvalue weighted by Gasteiger charge is -2.06. The molecule has 112 valence electrons. The van der Waals surface area contributed by atoms with Gasteiger partial charge in [-0.3, -0.25) is 10.1 Å². The van der Waals surface area contributed by atoms with E-state index in [1.807, 2.05) is 0 Å². The van der Waals surface area contributed by atoms with Gasteiger partial charge in [-0.1, -0.05) is 0 Å². The Bertz CT molecular complexity index is 513. The average Bonchev–Trinajstić information content (AvgIpc) is 2.70. The summed E-state index contributed by atoms with van der Waals surface area (Å²) in [4.78, 5) is 20.5. The van der Waals surface area contributed by atoms with Crippen LogP contribution in [-0.2, 0) is 4.79 Å². The zero-order chi connectivity index (χ0) is 15.5. The molecule has 11 heteroatoms. The minimum Gasteiger partial charge on any atom is -0.480 e. The lowest BCUT2D eigenvalue weighted by atomic mass is 10.3. The number of nitrogens with zero attached hydrogens (tertiary/aromatic N) is 3. The number of carboxylic acids is 1. The summed E-state index contributed by atoms with van der Waals surface area (Å²) in [5.41, 5.74) is -0.694. The van der Waals surface area contributed by atoms with Crippen LogP contribution in [-0.4, -0.2) is 38.6 Å². The fourth-order valence-electron chi connectivity index (χ4n) is 1.17. The van der Waals surface area contributed by atoms with Crippen LogP contribution in [0.4, 0.5) is 18.9 Å². The van der Waals surface area contributed by atoms with Crippen molar-refractivity contribution in [2.24, 2.45) is 0 Å². The first-order chi connectivity index (χ1) is 9.11. The minimum atomic E-state index is -4.47. The first-order valence-electron chi connectivity index (χ1n) is 5.27. The molecule has 0 saturated heterocycles. The number of hydrogen-bond acceptors (Lipinski definition) is 5. The van der Waals surface area contributed by atoms with E-state index >= 15 is 0 Å². The van der Waals surface area contributed by atoms with E-state index in [-0.39, 0.29) is 0 Å². The predicted octanol–water partition coefficient (Wildman–Crippen LogP) is 1.77. The van der Waals surface area contributed by atoms with Gasteiger partial charge in [-0.05, 0) is 6.92 Å². The van der Waals surface area contributed by atoms with Gasteiger partial charge in [0, 0.05) is 0 Å². The topological polar surface area (TPSA) is 107 Å². The highest BCUT2D eigenvalue weighted by atomic mass is 19.4. The van der Waals surface area contributed by atoms with Gasteiger partial charge in [-0.25, -0.2) is 9.48 Å². The molecular weight excluding hydrogens is 287 g/mol. The van der Waals surface area contributed by atoms with E-state index in [9.17, 15) is 28.1 Å². The van der Waals surface area contributed by atoms with E-state index in [0.29, 0.717) is 0 Å². The number of halogens is 3. The van der Waals surface area contributed by atoms with Crippen LogP contribution in [0.25, 0.3) is 0 Å². The second kappa shape index (κ2) is 5.75. The summed E-state index contributed by atoms with van der Waals surface area (Å²) >= 11 is 0. The highest BCUT2D eigenvalue weighted by Crippen LogP contribution is 2.27. The molecule has 1 aromatic heterocycles. The van der Waals surface area contributed by atoms with Gasteiger partial charge < -0.3 is 9.84 Å². The Morgan fingerprint density at radius 2 is 2.25 bits per heavy atom. The number of hydrogen-bond donors (Lipinski definition) is 1. The Hall–Kier alpha value is -2.33. The highest BCUT2D eigenvalue weighted by molar-refractivity contribution is 5.71. The van der Waals surface area contributed by atoms with Crippen LogP contribution < -0.4 is 4.74 Å². The van der Waals surface area contributed by atoms with E-state index < -0.39 is 47.7 Å². The predicted molar refractivity (Wildman–Crippen MR) is 57.4 cm³/mol. The van der Waals surface area contributed by atoms with Crippen molar-refractivity contribution < 1.29 is 32.7 Å². The van der Waals surface area contributed by atoms with Gasteiger partial charge in [-0.2, -0.15) is 13.2 Å². The molecule has 1 rings (SSSR count). The number of carboxylic acid groups (broad SMARTS) is 1. The molecule has 0 aliphatic heterocycles. The molecule has 0 aromatic carbocycles. The van der Waals surface area contributed by atoms with Crippen LogP contribution in [0.1, 0.15) is 19.4 Å². The molecule has 1 atom stereocenters. The summed E-state index contributed by atoms with van der Waals surface area (Å²) < 4.78 is 41.2. The Balaban J connectivity index is 2.88. The Morgan fingerprint density at radius 3 is 2.70 bits per heavy atom. The summed E-state index contributed by atoms with van der Waals surface area (Å²) in [6.07, 6.45) is -4.97. The number of alkyl halides is 3. The zero-order valence-electron chi connectivity index (χ0n) is 10.1. The van der Waals surface area contributed by atoms with Crippen LogP contribution in [0.5, 0.6) is 5.88 Å². The third-order valence-electron chi connectivity index (χ3n) is 2.26. The summed E-state index contributed by atoms with van der Waals surface area (Å²) in [5.74, 6) is -1.95. The molecule has 1 aromatic rings. The third kappa shape index (κ3) is 4.10. The molecule has 0 unspecified atom stereocenters. The fraction of sp³-hybridized carbons (Fsp3) is 0.556. The monoisotopic (exact) mass is 297 g/mol. The lowest BCUT2D eigenvalue weighted by Crippen LogP contribution is -2.16. The number of nitro groups is 1. The van der Waals surface area contributed by atoms with Crippen molar-refractivity contribution in [1.29, 1.82) is 0 Å². The SMILES string of the molecule is C[C@H](C(=O)O)n1cc([N+](=O)[O-])c(OCCC(F)(F)F)n1. The molecular formula is C9H10F3N3O5. The maximum absolute atomic E-state index is 11.9. The quantitative estimate of drug-likeness (QED) is 0.633. The van der Waals surface area contributed by atoms with Gasteiger partial charge in [0.25, 0.3) is 0 Å². The molecule has 0 radical (unpaired) electrons. The smallest absolute Gasteiger partial charge is 0.392 e. The van der Waals surface area contributed by atoms with E-state index in [0.717, 1.165) is 10.9 Å². The fourth-order valence-corrected chi connectivity index (χ4v) is 1.17. The van der Waals surface area contributed by atoms with Crippen molar-refractivity contribution in [3.63, 3.8) is 0 Å². The second-order valence-corrected chi connectivity index (χ2v) is 3.78. The van der Waals surface area contributed by atoms with Gasteiger partial charge in [-0.15, -0.1) is 5.10 Å².